The van der Waals surface area contributed by atoms with Crippen LogP contribution in [-0.2, 0) is 14.4 Å². The lowest BCUT2D eigenvalue weighted by Gasteiger charge is -2.26. The minimum atomic E-state index is -4.57. The summed E-state index contributed by atoms with van der Waals surface area (Å²) in [7, 11) is 0. The van der Waals surface area contributed by atoms with Crippen LogP contribution in [0.3, 0.4) is 0 Å². The number of nitrogens with two attached hydrogens (primary N) is 1. The first-order chi connectivity index (χ1) is 19.5. The van der Waals surface area contributed by atoms with Crippen LogP contribution in [0.4, 0.5) is 23.2 Å². The number of anilines is 1. The Morgan fingerprint density at radius 2 is 1.83 bits per heavy atom. The highest BCUT2D eigenvalue weighted by molar-refractivity contribution is 6.20. The molecule has 2 saturated carbocycles. The van der Waals surface area contributed by atoms with E-state index in [4.69, 9.17) is 10.5 Å². The molecule has 2 aromatic carbocycles. The largest absolute Gasteiger partial charge is 0.488 e. The lowest BCUT2D eigenvalue weighted by atomic mass is 9.83. The Morgan fingerprint density at radius 3 is 2.46 bits per heavy atom. The summed E-state index contributed by atoms with van der Waals surface area (Å²) in [4.78, 5) is 43.7. The van der Waals surface area contributed by atoms with E-state index < -0.39 is 60.6 Å². The van der Waals surface area contributed by atoms with Crippen molar-refractivity contribution >= 4 is 29.1 Å². The molecule has 2 aliphatic carbocycles. The van der Waals surface area contributed by atoms with Gasteiger partial charge >= 0.3 is 6.18 Å². The zero-order valence-corrected chi connectivity index (χ0v) is 22.0. The minimum Gasteiger partial charge on any atom is -0.488 e. The van der Waals surface area contributed by atoms with E-state index in [2.05, 4.69) is 15.6 Å². The van der Waals surface area contributed by atoms with Crippen LogP contribution in [0.25, 0.3) is 0 Å². The Kier molecular flexibility index (Phi) is 8.01. The number of alkyl halides is 3. The number of para-hydroxylation sites is 1. The van der Waals surface area contributed by atoms with Gasteiger partial charge in [-0.05, 0) is 49.8 Å². The number of primary amides is 1. The second kappa shape index (κ2) is 11.5. The van der Waals surface area contributed by atoms with Gasteiger partial charge in [-0.3, -0.25) is 14.4 Å². The third-order valence-corrected chi connectivity index (χ3v) is 7.44. The van der Waals surface area contributed by atoms with Gasteiger partial charge in [-0.1, -0.05) is 37.1 Å². The molecular weight excluding hydrogens is 544 g/mol. The predicted molar refractivity (Wildman–Crippen MR) is 141 cm³/mol. The lowest BCUT2D eigenvalue weighted by molar-refractivity contribution is -0.146. The van der Waals surface area contributed by atoms with Gasteiger partial charge in [-0.15, -0.1) is 0 Å². The summed E-state index contributed by atoms with van der Waals surface area (Å²) in [6.07, 6.45) is -4.67. The molecule has 8 nitrogen and oxygen atoms in total. The van der Waals surface area contributed by atoms with Crippen LogP contribution >= 0.6 is 0 Å². The number of hydrogen-bond donors (Lipinski definition) is 3. The van der Waals surface area contributed by atoms with Crippen molar-refractivity contribution in [3.8, 4) is 5.75 Å². The first kappa shape index (κ1) is 28.6. The molecule has 0 bridgehead atoms. The third kappa shape index (κ3) is 7.22. The van der Waals surface area contributed by atoms with E-state index in [0.29, 0.717) is 16.9 Å². The lowest BCUT2D eigenvalue weighted by Crippen LogP contribution is -2.48. The van der Waals surface area contributed by atoms with Gasteiger partial charge in [0, 0.05) is 29.4 Å². The van der Waals surface area contributed by atoms with Crippen LogP contribution in [0.2, 0.25) is 0 Å². The van der Waals surface area contributed by atoms with E-state index >= 15 is 0 Å². The monoisotopic (exact) mass is 574 g/mol. The molecule has 41 heavy (non-hydrogen) atoms. The average molecular weight is 575 g/mol. The molecule has 0 saturated heterocycles. The van der Waals surface area contributed by atoms with Gasteiger partial charge in [0.2, 0.25) is 18.0 Å². The topological polar surface area (TPSA) is 123 Å². The van der Waals surface area contributed by atoms with E-state index in [1.807, 2.05) is 0 Å². The zero-order chi connectivity index (χ0) is 29.3. The number of amides is 3. The maximum atomic E-state index is 14.2. The molecule has 0 radical (unpaired) electrons. The highest BCUT2D eigenvalue weighted by atomic mass is 19.4. The number of carbonyl (C=O) groups is 3. The molecule has 4 N–H and O–H groups in total. The molecule has 3 aliphatic rings. The van der Waals surface area contributed by atoms with Crippen LogP contribution < -0.4 is 21.1 Å². The first-order valence-corrected chi connectivity index (χ1v) is 13.6. The van der Waals surface area contributed by atoms with Crippen molar-refractivity contribution in [2.24, 2.45) is 28.5 Å². The van der Waals surface area contributed by atoms with E-state index in [1.54, 1.807) is 24.3 Å². The van der Waals surface area contributed by atoms with Crippen molar-refractivity contribution in [3.05, 3.63) is 59.4 Å². The number of rotatable bonds is 11. The summed E-state index contributed by atoms with van der Waals surface area (Å²) in [5.41, 5.74) is 6.72. The van der Waals surface area contributed by atoms with E-state index in [9.17, 15) is 31.9 Å². The van der Waals surface area contributed by atoms with E-state index in [1.165, 1.54) is 18.2 Å². The highest BCUT2D eigenvalue weighted by Crippen LogP contribution is 2.40. The summed E-state index contributed by atoms with van der Waals surface area (Å²) in [6, 6.07) is 10.5. The number of fused-ring (bicyclic) bond motifs is 1. The number of nitrogens with one attached hydrogen (secondary N) is 2. The SMILES string of the molecule is NC(=O)C(CC1CC1)C(CCC(F)(F)F)C(=O)NC1N=C(c2cccc(F)c2)c2cccc(OC3CC3)c2NC1=O. The molecule has 1 heterocycles. The quantitative estimate of drug-likeness (QED) is 0.343. The van der Waals surface area contributed by atoms with Gasteiger partial charge in [-0.25, -0.2) is 9.38 Å². The maximum Gasteiger partial charge on any atom is 0.389 e. The van der Waals surface area contributed by atoms with Crippen LogP contribution in [0.1, 0.15) is 56.1 Å². The maximum absolute atomic E-state index is 14.2. The molecule has 3 amide bonds. The number of benzene rings is 2. The van der Waals surface area contributed by atoms with Gasteiger partial charge < -0.3 is 21.1 Å². The Balaban J connectivity index is 1.49. The summed E-state index contributed by atoms with van der Waals surface area (Å²) in [5.74, 6) is -5.23. The summed E-state index contributed by atoms with van der Waals surface area (Å²) < 4.78 is 59.7. The Bertz CT molecular complexity index is 1370. The second-order valence-electron chi connectivity index (χ2n) is 10.8. The number of ether oxygens (including phenoxy) is 1. The number of benzodiazepines with no additional fused rings is 1. The normalized spacial score (nSPS) is 20.1. The van der Waals surface area contributed by atoms with Crippen molar-refractivity contribution in [3.63, 3.8) is 0 Å². The second-order valence-corrected chi connectivity index (χ2v) is 10.8. The number of carbonyl (C=O) groups excluding carboxylic acids is 3. The van der Waals surface area contributed by atoms with Crippen LogP contribution in [0, 0.1) is 23.6 Å². The number of aliphatic imine (C=N–C) groups is 1. The van der Waals surface area contributed by atoms with Crippen LogP contribution in [0.15, 0.2) is 47.5 Å². The van der Waals surface area contributed by atoms with Gasteiger partial charge in [0.05, 0.1) is 17.5 Å². The fourth-order valence-corrected chi connectivity index (χ4v) is 5.00. The molecule has 2 aromatic rings. The van der Waals surface area contributed by atoms with Gasteiger partial charge in [0.1, 0.15) is 11.6 Å². The Labute approximate surface area is 233 Å². The third-order valence-electron chi connectivity index (χ3n) is 7.44. The Morgan fingerprint density at radius 1 is 1.10 bits per heavy atom. The van der Waals surface area contributed by atoms with Crippen molar-refractivity contribution in [2.75, 3.05) is 5.32 Å². The summed E-state index contributed by atoms with van der Waals surface area (Å²) >= 11 is 0. The van der Waals surface area contributed by atoms with Gasteiger partial charge in [-0.2, -0.15) is 13.2 Å². The molecular formula is C29H30F4N4O4. The van der Waals surface area contributed by atoms with Gasteiger partial charge in [0.15, 0.2) is 0 Å². The smallest absolute Gasteiger partial charge is 0.389 e. The van der Waals surface area contributed by atoms with Crippen LogP contribution in [0.5, 0.6) is 5.75 Å². The number of hydrogen-bond acceptors (Lipinski definition) is 5. The molecule has 12 heteroatoms. The van der Waals surface area contributed by atoms with E-state index in [0.717, 1.165) is 25.7 Å². The Hall–Kier alpha value is -3.96. The predicted octanol–water partition coefficient (Wildman–Crippen LogP) is 4.46. The van der Waals surface area contributed by atoms with Crippen molar-refractivity contribution in [2.45, 2.75) is 63.4 Å². The fourth-order valence-electron chi connectivity index (χ4n) is 5.00. The number of nitrogens with zero attached hydrogens (tertiary/aromatic N) is 1. The standard InChI is InChI=1S/C29H30F4N4O4/c30-17-4-1-3-16(14-17)23-20-5-2-6-22(41-18-9-10-18)24(20)36-28(40)26(35-23)37-27(39)19(11-12-29(31,32)33)21(25(34)38)13-15-7-8-15/h1-6,14-15,18-19,21,26H,7-13H2,(H2,34,38)(H,36,40)(H,37,39). The molecule has 5 rings (SSSR count). The molecule has 1 aliphatic heterocycles. The molecule has 218 valence electrons. The average Bonchev–Trinajstić information content (AvgIpc) is 3.82. The summed E-state index contributed by atoms with van der Waals surface area (Å²) in [5, 5.41) is 5.17. The highest BCUT2D eigenvalue weighted by Gasteiger charge is 2.41. The van der Waals surface area contributed by atoms with Crippen LogP contribution in [-0.4, -0.2) is 41.9 Å². The van der Waals surface area contributed by atoms with Crippen molar-refractivity contribution in [1.29, 1.82) is 0 Å². The molecule has 0 spiro atoms. The molecule has 3 atom stereocenters. The van der Waals surface area contributed by atoms with E-state index in [-0.39, 0.29) is 29.8 Å². The van der Waals surface area contributed by atoms with Gasteiger partial charge in [0.25, 0.3) is 5.91 Å². The summed E-state index contributed by atoms with van der Waals surface area (Å²) in [6.45, 7) is 0. The fraction of sp³-hybridized carbons (Fsp3) is 0.448. The zero-order valence-electron chi connectivity index (χ0n) is 22.0. The molecule has 2 fully saturated rings. The van der Waals surface area contributed by atoms with Crippen molar-refractivity contribution in [1.82, 2.24) is 5.32 Å². The first-order valence-electron chi connectivity index (χ1n) is 13.6. The number of halogens is 4. The minimum absolute atomic E-state index is 0.0155. The molecule has 3 unspecified atom stereocenters. The van der Waals surface area contributed by atoms with Crippen molar-refractivity contribution < 1.29 is 36.7 Å². The molecule has 0 aromatic heterocycles.